The zero-order valence-corrected chi connectivity index (χ0v) is 17.9. The number of nitrogens with two attached hydrogens (primary N) is 1. The molecule has 0 saturated heterocycles. The molecular weight excluding hydrogens is 424 g/mol. The van der Waals surface area contributed by atoms with E-state index in [4.69, 9.17) is 5.73 Å². The van der Waals surface area contributed by atoms with Crippen molar-refractivity contribution in [3.8, 4) is 5.75 Å². The number of hydrogen-bond donors (Lipinski definition) is 2. The molecule has 3 N–H and O–H groups in total. The van der Waals surface area contributed by atoms with Crippen molar-refractivity contribution in [3.05, 3.63) is 77.9 Å². The molecule has 32 heavy (non-hydrogen) atoms. The minimum Gasteiger partial charge on any atom is -0.406 e. The Bertz CT molecular complexity index is 1040. The molecule has 5 nitrogen and oxygen atoms in total. The fourth-order valence-electron chi connectivity index (χ4n) is 2.47. The van der Waals surface area contributed by atoms with E-state index in [-0.39, 0.29) is 17.3 Å². The molecule has 0 aromatic heterocycles. The maximum absolute atomic E-state index is 14.2. The van der Waals surface area contributed by atoms with Gasteiger partial charge < -0.3 is 15.8 Å². The molecule has 0 unspecified atom stereocenters. The molecule has 0 amide bonds. The number of alkyl halides is 3. The molecule has 0 aliphatic rings. The summed E-state index contributed by atoms with van der Waals surface area (Å²) in [7, 11) is 0. The molecule has 9 heteroatoms. The summed E-state index contributed by atoms with van der Waals surface area (Å²) < 4.78 is 55.0. The van der Waals surface area contributed by atoms with Crippen molar-refractivity contribution in [2.24, 2.45) is 15.7 Å². The van der Waals surface area contributed by atoms with Gasteiger partial charge in [-0.3, -0.25) is 4.99 Å². The highest BCUT2D eigenvalue weighted by molar-refractivity contribution is 6.27. The van der Waals surface area contributed by atoms with Crippen molar-refractivity contribution in [2.45, 2.75) is 33.6 Å². The Morgan fingerprint density at radius 3 is 2.31 bits per heavy atom. The molecule has 0 spiro atoms. The van der Waals surface area contributed by atoms with Gasteiger partial charge in [-0.25, -0.2) is 9.38 Å². The second kappa shape index (κ2) is 11.1. The number of amidine groups is 1. The quantitative estimate of drug-likeness (QED) is 0.289. The van der Waals surface area contributed by atoms with Gasteiger partial charge in [0.15, 0.2) is 0 Å². The van der Waals surface area contributed by atoms with E-state index in [2.05, 4.69) is 20.0 Å². The number of anilines is 1. The van der Waals surface area contributed by atoms with Crippen molar-refractivity contribution >= 4 is 22.9 Å². The minimum absolute atomic E-state index is 0.203. The van der Waals surface area contributed by atoms with Crippen LogP contribution < -0.4 is 15.8 Å². The van der Waals surface area contributed by atoms with Crippen LogP contribution >= 0.6 is 0 Å². The molecular formula is C23H24F4N4O. The molecule has 0 fully saturated rings. The van der Waals surface area contributed by atoms with E-state index in [1.165, 1.54) is 24.4 Å². The Morgan fingerprint density at radius 1 is 1.09 bits per heavy atom. The van der Waals surface area contributed by atoms with Gasteiger partial charge >= 0.3 is 6.36 Å². The highest BCUT2D eigenvalue weighted by Gasteiger charge is 2.30. The molecule has 0 aliphatic heterocycles. The SMILES string of the molecule is CC/C(C)=C/N=C(Nc1ccccc1F)C(=CN)C(C)=Nc1ccc(OC(F)(F)F)cc1. The fourth-order valence-corrected chi connectivity index (χ4v) is 2.47. The molecule has 2 aromatic rings. The first-order chi connectivity index (χ1) is 15.1. The van der Waals surface area contributed by atoms with E-state index < -0.39 is 12.2 Å². The van der Waals surface area contributed by atoms with Gasteiger partial charge in [0.2, 0.25) is 0 Å². The van der Waals surface area contributed by atoms with E-state index >= 15 is 0 Å². The number of ether oxygens (including phenoxy) is 1. The number of rotatable bonds is 7. The predicted octanol–water partition coefficient (Wildman–Crippen LogP) is 6.48. The van der Waals surface area contributed by atoms with Crippen LogP contribution in [0.3, 0.4) is 0 Å². The molecule has 0 saturated carbocycles. The van der Waals surface area contributed by atoms with Crippen LogP contribution in [0, 0.1) is 5.82 Å². The van der Waals surface area contributed by atoms with Crippen LogP contribution in [0.4, 0.5) is 28.9 Å². The van der Waals surface area contributed by atoms with Crippen LogP contribution in [0.5, 0.6) is 5.75 Å². The van der Waals surface area contributed by atoms with Gasteiger partial charge in [0.05, 0.1) is 22.7 Å². The van der Waals surface area contributed by atoms with Gasteiger partial charge in [-0.05, 0) is 56.7 Å². The highest BCUT2D eigenvalue weighted by atomic mass is 19.4. The lowest BCUT2D eigenvalue weighted by Gasteiger charge is -2.14. The third kappa shape index (κ3) is 7.57. The van der Waals surface area contributed by atoms with Gasteiger partial charge in [0.1, 0.15) is 17.4 Å². The first-order valence-electron chi connectivity index (χ1n) is 9.71. The van der Waals surface area contributed by atoms with Crippen LogP contribution in [0.2, 0.25) is 0 Å². The first kappa shape index (κ1) is 24.6. The van der Waals surface area contributed by atoms with Crippen molar-refractivity contribution < 1.29 is 22.3 Å². The Balaban J connectivity index is 2.37. The molecule has 0 atom stereocenters. The lowest BCUT2D eigenvalue weighted by atomic mass is 10.1. The number of benzene rings is 2. The minimum atomic E-state index is -4.77. The Labute approximate surface area is 184 Å². The normalized spacial score (nSPS) is 13.8. The summed E-state index contributed by atoms with van der Waals surface area (Å²) in [5.74, 6) is -0.557. The molecule has 2 rings (SSSR count). The number of para-hydroxylation sites is 1. The Morgan fingerprint density at radius 2 is 1.75 bits per heavy atom. The molecule has 170 valence electrons. The van der Waals surface area contributed by atoms with Gasteiger partial charge in [-0.2, -0.15) is 0 Å². The number of nitrogens with one attached hydrogen (secondary N) is 1. The van der Waals surface area contributed by atoms with Crippen LogP contribution in [0.25, 0.3) is 0 Å². The number of aliphatic imine (C=N–C) groups is 2. The fraction of sp³-hybridized carbons (Fsp3) is 0.217. The number of hydrogen-bond acceptors (Lipinski definition) is 4. The van der Waals surface area contributed by atoms with E-state index in [0.717, 1.165) is 24.1 Å². The Kier molecular flexibility index (Phi) is 8.57. The predicted molar refractivity (Wildman–Crippen MR) is 120 cm³/mol. The topological polar surface area (TPSA) is 72.0 Å². The highest BCUT2D eigenvalue weighted by Crippen LogP contribution is 2.25. The zero-order valence-electron chi connectivity index (χ0n) is 17.9. The number of allylic oxidation sites excluding steroid dienone is 1. The van der Waals surface area contributed by atoms with Crippen LogP contribution in [0.1, 0.15) is 27.2 Å². The monoisotopic (exact) mass is 448 g/mol. The van der Waals surface area contributed by atoms with Crippen LogP contribution in [-0.4, -0.2) is 17.9 Å². The van der Waals surface area contributed by atoms with Crippen molar-refractivity contribution in [3.63, 3.8) is 0 Å². The smallest absolute Gasteiger partial charge is 0.406 e. The Hall–Kier alpha value is -3.62. The van der Waals surface area contributed by atoms with E-state index in [1.807, 2.05) is 13.8 Å². The summed E-state index contributed by atoms with van der Waals surface area (Å²) >= 11 is 0. The lowest BCUT2D eigenvalue weighted by molar-refractivity contribution is -0.274. The zero-order chi connectivity index (χ0) is 23.7. The average Bonchev–Trinajstić information content (AvgIpc) is 2.74. The molecule has 0 heterocycles. The molecule has 0 radical (unpaired) electrons. The second-order valence-electron chi connectivity index (χ2n) is 6.73. The third-order valence-corrected chi connectivity index (χ3v) is 4.28. The van der Waals surface area contributed by atoms with Gasteiger partial charge in [-0.15, -0.1) is 13.2 Å². The summed E-state index contributed by atoms with van der Waals surface area (Å²) in [5, 5.41) is 2.94. The van der Waals surface area contributed by atoms with E-state index in [0.29, 0.717) is 17.0 Å². The van der Waals surface area contributed by atoms with Gasteiger partial charge in [-0.1, -0.05) is 24.6 Å². The molecule has 0 bridgehead atoms. The second-order valence-corrected chi connectivity index (χ2v) is 6.73. The van der Waals surface area contributed by atoms with Crippen LogP contribution in [0.15, 0.2) is 82.1 Å². The summed E-state index contributed by atoms with van der Waals surface area (Å²) in [4.78, 5) is 8.82. The molecule has 0 aliphatic carbocycles. The molecule has 2 aromatic carbocycles. The summed E-state index contributed by atoms with van der Waals surface area (Å²) in [6.07, 6.45) is -1.08. The van der Waals surface area contributed by atoms with Gasteiger partial charge in [0, 0.05) is 12.4 Å². The van der Waals surface area contributed by atoms with Crippen molar-refractivity contribution in [1.29, 1.82) is 0 Å². The standard InChI is InChI=1S/C23H24F4N4O/c1-4-15(2)14-29-22(31-21-8-6-5-7-20(21)24)19(13-28)16(3)30-17-9-11-18(12-10-17)32-23(25,26)27/h5-14H,4,28H2,1-3H3,(H,29,31)/b15-14+,19-13?,30-16?. The maximum atomic E-state index is 14.2. The number of halogens is 4. The van der Waals surface area contributed by atoms with Crippen molar-refractivity contribution in [1.82, 2.24) is 0 Å². The lowest BCUT2D eigenvalue weighted by Crippen LogP contribution is -2.21. The number of nitrogens with zero attached hydrogens (tertiary/aromatic N) is 2. The summed E-state index contributed by atoms with van der Waals surface area (Å²) in [5.41, 5.74) is 8.21. The van der Waals surface area contributed by atoms with Crippen molar-refractivity contribution in [2.75, 3.05) is 5.32 Å². The van der Waals surface area contributed by atoms with E-state index in [9.17, 15) is 17.6 Å². The van der Waals surface area contributed by atoms with Gasteiger partial charge in [0.25, 0.3) is 0 Å². The van der Waals surface area contributed by atoms with Crippen LogP contribution in [-0.2, 0) is 0 Å². The first-order valence-corrected chi connectivity index (χ1v) is 9.71. The van der Waals surface area contributed by atoms with E-state index in [1.54, 1.807) is 31.3 Å². The summed E-state index contributed by atoms with van der Waals surface area (Å²) in [6.45, 7) is 5.54. The maximum Gasteiger partial charge on any atom is 0.573 e. The summed E-state index contributed by atoms with van der Waals surface area (Å²) in [6, 6.07) is 11.2. The third-order valence-electron chi connectivity index (χ3n) is 4.28. The average molecular weight is 448 g/mol. The largest absolute Gasteiger partial charge is 0.573 e.